The van der Waals surface area contributed by atoms with Crippen molar-refractivity contribution in [1.82, 2.24) is 5.32 Å². The Balaban J connectivity index is 1.85. The number of carboxylic acid groups (broad SMARTS) is 1. The maximum atomic E-state index is 11.7. The highest BCUT2D eigenvalue weighted by Crippen LogP contribution is 2.11. The maximum Gasteiger partial charge on any atom is 0.363 e. The molecule has 1 aliphatic rings. The van der Waals surface area contributed by atoms with Crippen LogP contribution in [0.1, 0.15) is 12.0 Å². The van der Waals surface area contributed by atoms with Crippen molar-refractivity contribution in [2.45, 2.75) is 25.3 Å². The zero-order valence-corrected chi connectivity index (χ0v) is 10.4. The highest BCUT2D eigenvalue weighted by atomic mass is 16.6. The van der Waals surface area contributed by atoms with Gasteiger partial charge >= 0.3 is 17.9 Å². The Hall–Kier alpha value is -2.41. The van der Waals surface area contributed by atoms with Gasteiger partial charge in [0.25, 0.3) is 6.23 Å². The molecule has 0 aromatic heterocycles. The van der Waals surface area contributed by atoms with Crippen molar-refractivity contribution in [1.29, 1.82) is 0 Å². The highest BCUT2D eigenvalue weighted by molar-refractivity contribution is 5.88. The van der Waals surface area contributed by atoms with E-state index in [1.165, 1.54) is 0 Å². The largest absolute Gasteiger partial charge is 0.481 e. The molecule has 1 heterocycles. The highest BCUT2D eigenvalue weighted by Gasteiger charge is 2.39. The molecule has 1 saturated heterocycles. The van der Waals surface area contributed by atoms with Gasteiger partial charge in [-0.25, -0.2) is 4.79 Å². The second-order valence-electron chi connectivity index (χ2n) is 4.23. The zero-order chi connectivity index (χ0) is 14.5. The van der Waals surface area contributed by atoms with Crippen molar-refractivity contribution >= 4 is 17.9 Å². The van der Waals surface area contributed by atoms with E-state index in [1.807, 2.05) is 6.07 Å². The number of rotatable bonds is 5. The molecular formula is C13H13NO6. The first-order valence-electron chi connectivity index (χ1n) is 5.95. The average molecular weight is 279 g/mol. The minimum absolute atomic E-state index is 0.0546. The summed E-state index contributed by atoms with van der Waals surface area (Å²) in [7, 11) is 0. The number of aliphatic carboxylic acids is 1. The van der Waals surface area contributed by atoms with Gasteiger partial charge < -0.3 is 14.6 Å². The number of esters is 2. The Morgan fingerprint density at radius 3 is 2.65 bits per heavy atom. The molecule has 1 fully saturated rings. The number of benzene rings is 1. The molecule has 0 spiro atoms. The van der Waals surface area contributed by atoms with E-state index in [1.54, 1.807) is 24.3 Å². The molecular weight excluding hydrogens is 266 g/mol. The van der Waals surface area contributed by atoms with Crippen molar-refractivity contribution in [3.8, 4) is 0 Å². The first kappa shape index (κ1) is 14.0. The summed E-state index contributed by atoms with van der Waals surface area (Å²) in [4.78, 5) is 33.6. The van der Waals surface area contributed by atoms with Crippen LogP contribution in [0.2, 0.25) is 0 Å². The summed E-state index contributed by atoms with van der Waals surface area (Å²) < 4.78 is 9.72. The Morgan fingerprint density at radius 2 is 2.00 bits per heavy atom. The first-order chi connectivity index (χ1) is 9.56. The zero-order valence-electron chi connectivity index (χ0n) is 10.4. The van der Waals surface area contributed by atoms with Gasteiger partial charge in [0.2, 0.25) is 0 Å². The predicted molar refractivity (Wildman–Crippen MR) is 65.3 cm³/mol. The van der Waals surface area contributed by atoms with Crippen molar-refractivity contribution in [3.63, 3.8) is 0 Å². The van der Waals surface area contributed by atoms with Gasteiger partial charge in [-0.15, -0.1) is 0 Å². The van der Waals surface area contributed by atoms with Crippen LogP contribution in [0.25, 0.3) is 0 Å². The molecule has 7 heteroatoms. The van der Waals surface area contributed by atoms with Crippen molar-refractivity contribution < 1.29 is 29.0 Å². The number of carbonyl (C=O) groups is 3. The summed E-state index contributed by atoms with van der Waals surface area (Å²) in [5.74, 6) is -2.68. The van der Waals surface area contributed by atoms with Crippen molar-refractivity contribution in [2.75, 3.05) is 0 Å². The van der Waals surface area contributed by atoms with Crippen LogP contribution < -0.4 is 5.32 Å². The summed E-state index contributed by atoms with van der Waals surface area (Å²) in [5.41, 5.74) is 0.798. The minimum atomic E-state index is -1.25. The second kappa shape index (κ2) is 6.16. The van der Waals surface area contributed by atoms with Crippen LogP contribution >= 0.6 is 0 Å². The number of cyclic esters (lactones) is 1. The third-order valence-corrected chi connectivity index (χ3v) is 2.69. The van der Waals surface area contributed by atoms with E-state index in [0.717, 1.165) is 5.56 Å². The Bertz CT molecular complexity index is 515. The van der Waals surface area contributed by atoms with Crippen LogP contribution in [0.4, 0.5) is 0 Å². The number of nitrogens with one attached hydrogen (secondary N) is 1. The lowest BCUT2D eigenvalue weighted by Crippen LogP contribution is -2.38. The molecule has 106 valence electrons. The van der Waals surface area contributed by atoms with Gasteiger partial charge in [0.05, 0.1) is 6.42 Å². The van der Waals surface area contributed by atoms with Crippen LogP contribution in [-0.2, 0) is 30.5 Å². The summed E-state index contributed by atoms with van der Waals surface area (Å²) >= 11 is 0. The van der Waals surface area contributed by atoms with Crippen molar-refractivity contribution in [2.24, 2.45) is 0 Å². The number of hydrogen-bond donors (Lipinski definition) is 2. The summed E-state index contributed by atoms with van der Waals surface area (Å²) in [6.07, 6.45) is -1.70. The van der Waals surface area contributed by atoms with Gasteiger partial charge in [0.1, 0.15) is 12.6 Å². The molecule has 2 atom stereocenters. The lowest BCUT2D eigenvalue weighted by atomic mass is 10.2. The van der Waals surface area contributed by atoms with Gasteiger partial charge in [-0.2, -0.15) is 0 Å². The third kappa shape index (κ3) is 3.55. The number of hydrogen-bond acceptors (Lipinski definition) is 6. The fourth-order valence-corrected chi connectivity index (χ4v) is 1.72. The summed E-state index contributed by atoms with van der Waals surface area (Å²) in [6.45, 7) is 0.0546. The van der Waals surface area contributed by atoms with Crippen LogP contribution in [0.15, 0.2) is 30.3 Å². The molecule has 7 nitrogen and oxygen atoms in total. The summed E-state index contributed by atoms with van der Waals surface area (Å²) in [6, 6.07) is 7.99. The molecule has 2 unspecified atom stereocenters. The van der Waals surface area contributed by atoms with Gasteiger partial charge in [0, 0.05) is 0 Å². The topological polar surface area (TPSA) is 102 Å². The molecule has 2 N–H and O–H groups in total. The molecule has 0 amide bonds. The lowest BCUT2D eigenvalue weighted by Gasteiger charge is -2.10. The molecule has 1 aromatic rings. The monoisotopic (exact) mass is 279 g/mol. The normalized spacial score (nSPS) is 21.3. The molecule has 0 saturated carbocycles. The average Bonchev–Trinajstić information content (AvgIpc) is 2.78. The minimum Gasteiger partial charge on any atom is -0.481 e. The van der Waals surface area contributed by atoms with Crippen LogP contribution in [0, 0.1) is 0 Å². The van der Waals surface area contributed by atoms with E-state index in [0.29, 0.717) is 0 Å². The van der Waals surface area contributed by atoms with E-state index in [9.17, 15) is 14.4 Å². The van der Waals surface area contributed by atoms with E-state index in [2.05, 4.69) is 5.32 Å². The van der Waals surface area contributed by atoms with Crippen LogP contribution in [0.3, 0.4) is 0 Å². The molecule has 1 aromatic carbocycles. The van der Waals surface area contributed by atoms with Crippen LogP contribution in [-0.4, -0.2) is 35.3 Å². The fraction of sp³-hybridized carbons (Fsp3) is 0.308. The van der Waals surface area contributed by atoms with Crippen molar-refractivity contribution in [3.05, 3.63) is 35.9 Å². The van der Waals surface area contributed by atoms with Gasteiger partial charge in [-0.05, 0) is 5.56 Å². The van der Waals surface area contributed by atoms with Gasteiger partial charge in [-0.1, -0.05) is 30.3 Å². The summed E-state index contributed by atoms with van der Waals surface area (Å²) in [5, 5.41) is 11.1. The number of ether oxygens (including phenoxy) is 2. The van der Waals surface area contributed by atoms with E-state index >= 15 is 0 Å². The molecule has 0 radical (unpaired) electrons. The van der Waals surface area contributed by atoms with Crippen LogP contribution in [0.5, 0.6) is 0 Å². The molecule has 0 bridgehead atoms. The smallest absolute Gasteiger partial charge is 0.363 e. The third-order valence-electron chi connectivity index (χ3n) is 2.69. The lowest BCUT2D eigenvalue weighted by molar-refractivity contribution is -0.163. The second-order valence-corrected chi connectivity index (χ2v) is 4.23. The molecule has 2 rings (SSSR count). The number of carboxylic acids is 1. The SMILES string of the molecule is O=C(O)CC1NC(C(=O)OCc2ccccc2)OC1=O. The molecule has 1 aliphatic heterocycles. The van der Waals surface area contributed by atoms with E-state index < -0.39 is 36.6 Å². The predicted octanol–water partition coefficient (Wildman–Crippen LogP) is 0.0456. The standard InChI is InChI=1S/C13H13NO6/c15-10(16)6-9-12(17)20-11(14-9)13(18)19-7-8-4-2-1-3-5-8/h1-5,9,11,14H,6-7H2,(H,15,16). The van der Waals surface area contributed by atoms with E-state index in [4.69, 9.17) is 14.6 Å². The quantitative estimate of drug-likeness (QED) is 0.734. The Kier molecular flexibility index (Phi) is 4.31. The maximum absolute atomic E-state index is 11.7. The first-order valence-corrected chi connectivity index (χ1v) is 5.95. The van der Waals surface area contributed by atoms with Gasteiger partial charge in [0.15, 0.2) is 0 Å². The number of carbonyl (C=O) groups excluding carboxylic acids is 2. The molecule has 0 aliphatic carbocycles. The molecule has 20 heavy (non-hydrogen) atoms. The Morgan fingerprint density at radius 1 is 1.30 bits per heavy atom. The Labute approximate surface area is 114 Å². The van der Waals surface area contributed by atoms with Gasteiger partial charge in [-0.3, -0.25) is 14.9 Å². The van der Waals surface area contributed by atoms with E-state index in [-0.39, 0.29) is 6.61 Å². The fourth-order valence-electron chi connectivity index (χ4n) is 1.72.